The van der Waals surface area contributed by atoms with Crippen LogP contribution in [0, 0.1) is 0 Å². The molecule has 1 N–H and O–H groups in total. The predicted molar refractivity (Wildman–Crippen MR) is 96.4 cm³/mol. The van der Waals surface area contributed by atoms with Gasteiger partial charge >= 0.3 is 0 Å². The minimum Gasteiger partial charge on any atom is -0.506 e. The van der Waals surface area contributed by atoms with Gasteiger partial charge < -0.3 is 10.0 Å². The van der Waals surface area contributed by atoms with Crippen LogP contribution in [0.2, 0.25) is 5.02 Å². The van der Waals surface area contributed by atoms with Crippen LogP contribution in [0.4, 0.5) is 0 Å². The monoisotopic (exact) mass is 350 g/mol. The Morgan fingerprint density at radius 3 is 2.67 bits per heavy atom. The van der Waals surface area contributed by atoms with Crippen molar-refractivity contribution in [2.45, 2.75) is 57.0 Å². The lowest BCUT2D eigenvalue weighted by atomic mass is 9.88. The Hall–Kier alpha value is -1.26. The van der Waals surface area contributed by atoms with Crippen LogP contribution in [0.3, 0.4) is 0 Å². The molecule has 1 aromatic rings. The van der Waals surface area contributed by atoms with Crippen LogP contribution in [0.15, 0.2) is 18.2 Å². The van der Waals surface area contributed by atoms with E-state index in [2.05, 4.69) is 4.90 Å². The number of benzene rings is 1. The van der Waals surface area contributed by atoms with Gasteiger partial charge in [-0.2, -0.15) is 0 Å². The van der Waals surface area contributed by atoms with Crippen LogP contribution >= 0.6 is 11.6 Å². The van der Waals surface area contributed by atoms with Crippen LogP contribution in [-0.2, 0) is 11.2 Å². The third-order valence-corrected chi connectivity index (χ3v) is 5.86. The van der Waals surface area contributed by atoms with Gasteiger partial charge in [0, 0.05) is 19.1 Å². The summed E-state index contributed by atoms with van der Waals surface area (Å²) >= 11 is 5.95. The Balaban J connectivity index is 1.67. The van der Waals surface area contributed by atoms with Gasteiger partial charge in [-0.05, 0) is 56.5 Å². The van der Waals surface area contributed by atoms with Crippen molar-refractivity contribution in [2.24, 2.45) is 0 Å². The summed E-state index contributed by atoms with van der Waals surface area (Å²) in [6, 6.07) is 5.83. The molecule has 132 valence electrons. The van der Waals surface area contributed by atoms with Crippen LogP contribution in [0.1, 0.15) is 44.1 Å². The van der Waals surface area contributed by atoms with E-state index < -0.39 is 0 Å². The number of aromatic hydroxyl groups is 1. The number of phenolic OH excluding ortho intramolecular Hbond substituents is 1. The number of amides is 1. The highest BCUT2D eigenvalue weighted by Crippen LogP contribution is 2.30. The van der Waals surface area contributed by atoms with Gasteiger partial charge in [0.25, 0.3) is 0 Å². The standard InChI is InChI=1S/C19H27ClN2O2/c1-21(19(24)13-14-8-9-18(23)15(20)12-14)16-6-2-3-7-17(16)22-10-4-5-11-22/h8-9,12,16-17,23H,2-7,10-11,13H2,1H3. The lowest BCUT2D eigenvalue weighted by Crippen LogP contribution is -2.53. The number of phenols is 1. The number of carbonyl (C=O) groups is 1. The Kier molecular flexibility index (Phi) is 5.67. The number of hydrogen-bond donors (Lipinski definition) is 1. The summed E-state index contributed by atoms with van der Waals surface area (Å²) < 4.78 is 0. The first-order valence-corrected chi connectivity index (χ1v) is 9.41. The van der Waals surface area contributed by atoms with Crippen LogP contribution < -0.4 is 0 Å². The molecule has 1 aromatic carbocycles. The summed E-state index contributed by atoms with van der Waals surface area (Å²) in [7, 11) is 1.95. The summed E-state index contributed by atoms with van der Waals surface area (Å²) in [4.78, 5) is 17.3. The van der Waals surface area contributed by atoms with Crippen molar-refractivity contribution in [3.63, 3.8) is 0 Å². The fraction of sp³-hybridized carbons (Fsp3) is 0.632. The topological polar surface area (TPSA) is 43.8 Å². The molecule has 1 saturated heterocycles. The second kappa shape index (κ2) is 7.75. The van der Waals surface area contributed by atoms with Gasteiger partial charge in [-0.25, -0.2) is 0 Å². The molecule has 1 saturated carbocycles. The van der Waals surface area contributed by atoms with Crippen molar-refractivity contribution in [3.05, 3.63) is 28.8 Å². The van der Waals surface area contributed by atoms with Gasteiger partial charge in [0.1, 0.15) is 5.75 Å². The lowest BCUT2D eigenvalue weighted by molar-refractivity contribution is -0.133. The van der Waals surface area contributed by atoms with E-state index in [9.17, 15) is 9.90 Å². The molecule has 24 heavy (non-hydrogen) atoms. The quantitative estimate of drug-likeness (QED) is 0.904. The first kappa shape index (κ1) is 17.6. The third kappa shape index (κ3) is 3.86. The number of rotatable bonds is 4. The Bertz CT molecular complexity index is 587. The van der Waals surface area contributed by atoms with E-state index in [1.807, 2.05) is 11.9 Å². The van der Waals surface area contributed by atoms with Gasteiger partial charge in [-0.3, -0.25) is 9.69 Å². The predicted octanol–water partition coefficient (Wildman–Crippen LogP) is 3.45. The van der Waals surface area contributed by atoms with Crippen molar-refractivity contribution in [1.82, 2.24) is 9.80 Å². The van der Waals surface area contributed by atoms with E-state index >= 15 is 0 Å². The molecule has 2 fully saturated rings. The highest BCUT2D eigenvalue weighted by Gasteiger charge is 2.35. The number of halogens is 1. The van der Waals surface area contributed by atoms with Crippen molar-refractivity contribution in [3.8, 4) is 5.75 Å². The normalized spacial score (nSPS) is 24.9. The Labute approximate surface area is 149 Å². The van der Waals surface area contributed by atoms with E-state index in [1.165, 1.54) is 45.2 Å². The maximum absolute atomic E-state index is 12.8. The number of likely N-dealkylation sites (tertiary alicyclic amines) is 1. The summed E-state index contributed by atoms with van der Waals surface area (Å²) in [5.41, 5.74) is 0.850. The summed E-state index contributed by atoms with van der Waals surface area (Å²) in [5.74, 6) is 0.190. The SMILES string of the molecule is CN(C(=O)Cc1ccc(O)c(Cl)c1)C1CCCCC1N1CCCC1. The van der Waals surface area contributed by atoms with E-state index in [-0.39, 0.29) is 11.7 Å². The van der Waals surface area contributed by atoms with E-state index in [4.69, 9.17) is 11.6 Å². The van der Waals surface area contributed by atoms with Gasteiger partial charge in [-0.15, -0.1) is 0 Å². The first-order valence-electron chi connectivity index (χ1n) is 9.03. The average molecular weight is 351 g/mol. The second-order valence-corrected chi connectivity index (χ2v) is 7.54. The molecule has 0 aromatic heterocycles. The number of nitrogens with zero attached hydrogens (tertiary/aromatic N) is 2. The average Bonchev–Trinajstić information content (AvgIpc) is 3.12. The lowest BCUT2D eigenvalue weighted by Gasteiger charge is -2.42. The first-order chi connectivity index (χ1) is 11.6. The second-order valence-electron chi connectivity index (χ2n) is 7.13. The van der Waals surface area contributed by atoms with Crippen LogP contribution in [0.25, 0.3) is 0 Å². The Morgan fingerprint density at radius 2 is 1.96 bits per heavy atom. The molecule has 0 bridgehead atoms. The van der Waals surface area contributed by atoms with E-state index in [1.54, 1.807) is 18.2 Å². The summed E-state index contributed by atoms with van der Waals surface area (Å²) in [6.07, 6.45) is 7.68. The maximum Gasteiger partial charge on any atom is 0.227 e. The number of likely N-dealkylation sites (N-methyl/N-ethyl adjacent to an activating group) is 1. The highest BCUT2D eigenvalue weighted by molar-refractivity contribution is 6.32. The Morgan fingerprint density at radius 1 is 1.25 bits per heavy atom. The van der Waals surface area contributed by atoms with Crippen LogP contribution in [0.5, 0.6) is 5.75 Å². The zero-order valence-corrected chi connectivity index (χ0v) is 15.1. The summed E-state index contributed by atoms with van der Waals surface area (Å²) in [6.45, 7) is 2.35. The molecular weight excluding hydrogens is 324 g/mol. The molecule has 0 radical (unpaired) electrons. The fourth-order valence-corrected chi connectivity index (χ4v) is 4.39. The van der Waals surface area contributed by atoms with Crippen molar-refractivity contribution >= 4 is 17.5 Å². The number of hydrogen-bond acceptors (Lipinski definition) is 3. The van der Waals surface area contributed by atoms with Gasteiger partial charge in [-0.1, -0.05) is 30.5 Å². The van der Waals surface area contributed by atoms with E-state index in [0.717, 1.165) is 12.0 Å². The zero-order chi connectivity index (χ0) is 17.1. The largest absolute Gasteiger partial charge is 0.506 e. The number of carbonyl (C=O) groups excluding carboxylic acids is 1. The van der Waals surface area contributed by atoms with Crippen molar-refractivity contribution < 1.29 is 9.90 Å². The van der Waals surface area contributed by atoms with Gasteiger partial charge in [0.15, 0.2) is 0 Å². The molecule has 1 aliphatic carbocycles. The smallest absolute Gasteiger partial charge is 0.227 e. The third-order valence-electron chi connectivity index (χ3n) is 5.56. The fourth-order valence-electron chi connectivity index (χ4n) is 4.19. The minimum absolute atomic E-state index is 0.0580. The molecule has 1 heterocycles. The van der Waals surface area contributed by atoms with Crippen LogP contribution in [-0.4, -0.2) is 53.0 Å². The zero-order valence-electron chi connectivity index (χ0n) is 14.4. The molecule has 2 atom stereocenters. The molecule has 1 amide bonds. The van der Waals surface area contributed by atoms with E-state index in [0.29, 0.717) is 23.5 Å². The van der Waals surface area contributed by atoms with Gasteiger partial charge in [0.2, 0.25) is 5.91 Å². The molecule has 1 aliphatic heterocycles. The summed E-state index contributed by atoms with van der Waals surface area (Å²) in [5, 5.41) is 9.82. The molecule has 5 heteroatoms. The molecular formula is C19H27ClN2O2. The molecule has 2 unspecified atom stereocenters. The van der Waals surface area contributed by atoms with Crippen molar-refractivity contribution in [1.29, 1.82) is 0 Å². The van der Waals surface area contributed by atoms with Gasteiger partial charge in [0.05, 0.1) is 11.4 Å². The maximum atomic E-state index is 12.8. The molecule has 0 spiro atoms. The molecule has 3 rings (SSSR count). The minimum atomic E-state index is 0.0580. The highest BCUT2D eigenvalue weighted by atomic mass is 35.5. The van der Waals surface area contributed by atoms with Crippen molar-refractivity contribution in [2.75, 3.05) is 20.1 Å². The molecule has 4 nitrogen and oxygen atoms in total. The molecule has 2 aliphatic rings.